The van der Waals surface area contributed by atoms with Gasteiger partial charge >= 0.3 is 0 Å². The molecule has 2 aromatic carbocycles. The number of hydrogen-bond acceptors (Lipinski definition) is 2. The van der Waals surface area contributed by atoms with Gasteiger partial charge in [-0.15, -0.1) is 0 Å². The molecule has 0 heterocycles. The van der Waals surface area contributed by atoms with Gasteiger partial charge in [-0.3, -0.25) is 4.79 Å². The van der Waals surface area contributed by atoms with Crippen LogP contribution in [0.15, 0.2) is 40.9 Å². The van der Waals surface area contributed by atoms with Gasteiger partial charge in [0, 0.05) is 10.0 Å². The average molecular weight is 323 g/mol. The number of carbonyl (C=O) groups is 1. The summed E-state index contributed by atoms with van der Waals surface area (Å²) in [6.07, 6.45) is 0. The van der Waals surface area contributed by atoms with Crippen LogP contribution in [0.25, 0.3) is 0 Å². The zero-order chi connectivity index (χ0) is 14.0. The van der Waals surface area contributed by atoms with Crippen LogP contribution in [0.5, 0.6) is 11.5 Å². The molecular weight excluding hydrogens is 311 g/mol. The Hall–Kier alpha value is -1.68. The standard InChI is InChI=1S/C15H12BrFO2/c1-9-7-12(16)4-6-14(9)19-15-5-3-11(10(2)18)8-13(15)17/h3-8H,1-2H3. The lowest BCUT2D eigenvalue weighted by Crippen LogP contribution is -1.96. The minimum atomic E-state index is -0.546. The number of aryl methyl sites for hydroxylation is 1. The Morgan fingerprint density at radius 3 is 2.42 bits per heavy atom. The molecule has 0 unspecified atom stereocenters. The Morgan fingerprint density at radius 1 is 1.16 bits per heavy atom. The Balaban J connectivity index is 2.31. The number of benzene rings is 2. The Kier molecular flexibility index (Phi) is 4.00. The summed E-state index contributed by atoms with van der Waals surface area (Å²) in [5.41, 5.74) is 1.22. The highest BCUT2D eigenvalue weighted by Gasteiger charge is 2.09. The fourth-order valence-corrected chi connectivity index (χ4v) is 2.12. The maximum Gasteiger partial charge on any atom is 0.166 e. The minimum absolute atomic E-state index is 0.107. The van der Waals surface area contributed by atoms with Gasteiger partial charge in [-0.2, -0.15) is 0 Å². The molecule has 2 nitrogen and oxygen atoms in total. The van der Waals surface area contributed by atoms with Crippen molar-refractivity contribution in [1.29, 1.82) is 0 Å². The summed E-state index contributed by atoms with van der Waals surface area (Å²) in [5.74, 6) is -0.0339. The minimum Gasteiger partial charge on any atom is -0.454 e. The van der Waals surface area contributed by atoms with Crippen molar-refractivity contribution in [2.45, 2.75) is 13.8 Å². The number of ether oxygens (including phenoxy) is 1. The number of carbonyl (C=O) groups excluding carboxylic acids is 1. The quantitative estimate of drug-likeness (QED) is 0.752. The Bertz CT molecular complexity index is 638. The lowest BCUT2D eigenvalue weighted by molar-refractivity contribution is 0.101. The third-order valence-corrected chi connectivity index (χ3v) is 3.19. The normalized spacial score (nSPS) is 10.3. The second-order valence-electron chi connectivity index (χ2n) is 4.21. The molecule has 0 aliphatic heterocycles. The fourth-order valence-electron chi connectivity index (χ4n) is 1.65. The summed E-state index contributed by atoms with van der Waals surface area (Å²) in [4.78, 5) is 11.1. The second-order valence-corrected chi connectivity index (χ2v) is 5.13. The maximum atomic E-state index is 13.8. The highest BCUT2D eigenvalue weighted by Crippen LogP contribution is 2.29. The van der Waals surface area contributed by atoms with E-state index in [1.165, 1.54) is 19.1 Å². The van der Waals surface area contributed by atoms with E-state index in [0.29, 0.717) is 11.3 Å². The summed E-state index contributed by atoms with van der Waals surface area (Å²) in [6.45, 7) is 3.27. The molecular formula is C15H12BrFO2. The first-order chi connectivity index (χ1) is 8.97. The molecule has 0 radical (unpaired) electrons. The molecule has 0 aliphatic rings. The summed E-state index contributed by atoms with van der Waals surface area (Å²) in [6, 6.07) is 9.67. The van der Waals surface area contributed by atoms with Crippen molar-refractivity contribution in [3.05, 3.63) is 57.8 Å². The van der Waals surface area contributed by atoms with Crippen LogP contribution in [0.3, 0.4) is 0 Å². The van der Waals surface area contributed by atoms with E-state index in [1.54, 1.807) is 12.1 Å². The van der Waals surface area contributed by atoms with Gasteiger partial charge in [-0.05, 0) is 55.8 Å². The molecule has 0 aromatic heterocycles. The van der Waals surface area contributed by atoms with Gasteiger partial charge < -0.3 is 4.74 Å². The highest BCUT2D eigenvalue weighted by molar-refractivity contribution is 9.10. The second kappa shape index (κ2) is 5.53. The van der Waals surface area contributed by atoms with Gasteiger partial charge in [0.15, 0.2) is 17.3 Å². The van der Waals surface area contributed by atoms with Crippen molar-refractivity contribution < 1.29 is 13.9 Å². The number of ketones is 1. The van der Waals surface area contributed by atoms with Crippen LogP contribution in [-0.4, -0.2) is 5.78 Å². The lowest BCUT2D eigenvalue weighted by Gasteiger charge is -2.10. The van der Waals surface area contributed by atoms with Crippen LogP contribution in [-0.2, 0) is 0 Å². The van der Waals surface area contributed by atoms with Crippen molar-refractivity contribution in [3.8, 4) is 11.5 Å². The van der Waals surface area contributed by atoms with Crippen LogP contribution < -0.4 is 4.74 Å². The van der Waals surface area contributed by atoms with E-state index in [1.807, 2.05) is 19.1 Å². The van der Waals surface area contributed by atoms with Crippen molar-refractivity contribution in [2.75, 3.05) is 0 Å². The molecule has 0 aliphatic carbocycles. The molecule has 4 heteroatoms. The summed E-state index contributed by atoms with van der Waals surface area (Å²) in [5, 5.41) is 0. The summed E-state index contributed by atoms with van der Waals surface area (Å²) >= 11 is 3.35. The summed E-state index contributed by atoms with van der Waals surface area (Å²) in [7, 11) is 0. The predicted octanol–water partition coefficient (Wildman–Crippen LogP) is 4.89. The molecule has 2 rings (SSSR count). The van der Waals surface area contributed by atoms with Gasteiger partial charge in [0.05, 0.1) is 0 Å². The molecule has 0 atom stereocenters. The van der Waals surface area contributed by atoms with Crippen LogP contribution in [0.2, 0.25) is 0 Å². The number of Topliss-reactive ketones (excluding diaryl/α,β-unsaturated/α-hetero) is 1. The third-order valence-electron chi connectivity index (χ3n) is 2.70. The number of hydrogen-bond donors (Lipinski definition) is 0. The van der Waals surface area contributed by atoms with E-state index in [-0.39, 0.29) is 11.5 Å². The number of halogens is 2. The van der Waals surface area contributed by atoms with Crippen LogP contribution >= 0.6 is 15.9 Å². The van der Waals surface area contributed by atoms with E-state index in [4.69, 9.17) is 4.74 Å². The first kappa shape index (κ1) is 13.7. The molecule has 0 saturated heterocycles. The van der Waals surface area contributed by atoms with Crippen molar-refractivity contribution in [2.24, 2.45) is 0 Å². The van der Waals surface area contributed by atoms with E-state index in [2.05, 4.69) is 15.9 Å². The summed E-state index contributed by atoms with van der Waals surface area (Å²) < 4.78 is 20.3. The molecule has 0 spiro atoms. The topological polar surface area (TPSA) is 26.3 Å². The van der Waals surface area contributed by atoms with E-state index in [9.17, 15) is 9.18 Å². The average Bonchev–Trinajstić information content (AvgIpc) is 2.34. The first-order valence-electron chi connectivity index (χ1n) is 5.72. The molecule has 2 aromatic rings. The van der Waals surface area contributed by atoms with Crippen LogP contribution in [0.1, 0.15) is 22.8 Å². The first-order valence-corrected chi connectivity index (χ1v) is 6.51. The van der Waals surface area contributed by atoms with Crippen molar-refractivity contribution in [3.63, 3.8) is 0 Å². The maximum absolute atomic E-state index is 13.8. The third kappa shape index (κ3) is 3.20. The van der Waals surface area contributed by atoms with Gasteiger partial charge in [0.25, 0.3) is 0 Å². The fraction of sp³-hybridized carbons (Fsp3) is 0.133. The molecule has 0 amide bonds. The monoisotopic (exact) mass is 322 g/mol. The zero-order valence-electron chi connectivity index (χ0n) is 10.5. The van der Waals surface area contributed by atoms with Crippen LogP contribution in [0.4, 0.5) is 4.39 Å². The van der Waals surface area contributed by atoms with Gasteiger partial charge in [0.2, 0.25) is 0 Å². The lowest BCUT2D eigenvalue weighted by atomic mass is 10.1. The molecule has 19 heavy (non-hydrogen) atoms. The van der Waals surface area contributed by atoms with Gasteiger partial charge in [-0.25, -0.2) is 4.39 Å². The number of rotatable bonds is 3. The molecule has 0 fully saturated rings. The van der Waals surface area contributed by atoms with Crippen molar-refractivity contribution in [1.82, 2.24) is 0 Å². The van der Waals surface area contributed by atoms with Crippen molar-refractivity contribution >= 4 is 21.7 Å². The Morgan fingerprint density at radius 2 is 1.84 bits per heavy atom. The highest BCUT2D eigenvalue weighted by atomic mass is 79.9. The smallest absolute Gasteiger partial charge is 0.166 e. The van der Waals surface area contributed by atoms with Crippen LogP contribution in [0, 0.1) is 12.7 Å². The predicted molar refractivity (Wildman–Crippen MR) is 75.4 cm³/mol. The van der Waals surface area contributed by atoms with E-state index >= 15 is 0 Å². The van der Waals surface area contributed by atoms with E-state index < -0.39 is 5.82 Å². The van der Waals surface area contributed by atoms with Gasteiger partial charge in [-0.1, -0.05) is 15.9 Å². The molecule has 0 bridgehead atoms. The molecule has 0 N–H and O–H groups in total. The van der Waals surface area contributed by atoms with E-state index in [0.717, 1.165) is 10.0 Å². The largest absolute Gasteiger partial charge is 0.454 e. The Labute approximate surface area is 119 Å². The molecule has 0 saturated carbocycles. The SMILES string of the molecule is CC(=O)c1ccc(Oc2ccc(Br)cc2C)c(F)c1. The molecule has 98 valence electrons. The van der Waals surface area contributed by atoms with Gasteiger partial charge in [0.1, 0.15) is 5.75 Å². The zero-order valence-corrected chi connectivity index (χ0v) is 12.1.